The standard InChI is InChI=1S/C10H23NO/c1-4-6-7-10(5-2,8-11)9-12-3/h4-9,11H2,1-3H3. The predicted molar refractivity (Wildman–Crippen MR) is 53.2 cm³/mol. The first-order valence-corrected chi connectivity index (χ1v) is 4.93. The molecule has 1 atom stereocenters. The molecule has 2 nitrogen and oxygen atoms in total. The number of hydrogen-bond acceptors (Lipinski definition) is 2. The molecule has 0 saturated heterocycles. The minimum atomic E-state index is 0.241. The Morgan fingerprint density at radius 2 is 2.00 bits per heavy atom. The lowest BCUT2D eigenvalue weighted by molar-refractivity contribution is 0.0729. The molecular weight excluding hydrogens is 150 g/mol. The monoisotopic (exact) mass is 173 g/mol. The highest BCUT2D eigenvalue weighted by Crippen LogP contribution is 2.27. The van der Waals surface area contributed by atoms with Crippen molar-refractivity contribution < 1.29 is 4.74 Å². The van der Waals surface area contributed by atoms with E-state index in [-0.39, 0.29) is 5.41 Å². The van der Waals surface area contributed by atoms with Gasteiger partial charge in [0.05, 0.1) is 6.61 Å². The minimum absolute atomic E-state index is 0.241. The maximum atomic E-state index is 5.77. The summed E-state index contributed by atoms with van der Waals surface area (Å²) in [6.45, 7) is 5.96. The van der Waals surface area contributed by atoms with E-state index >= 15 is 0 Å². The number of methoxy groups -OCH3 is 1. The van der Waals surface area contributed by atoms with Gasteiger partial charge in [-0.1, -0.05) is 26.7 Å². The molecule has 0 aliphatic rings. The van der Waals surface area contributed by atoms with Crippen LogP contribution in [0.25, 0.3) is 0 Å². The van der Waals surface area contributed by atoms with E-state index in [4.69, 9.17) is 10.5 Å². The van der Waals surface area contributed by atoms with Crippen LogP contribution in [-0.4, -0.2) is 20.3 Å². The fourth-order valence-electron chi connectivity index (χ4n) is 1.51. The van der Waals surface area contributed by atoms with Gasteiger partial charge < -0.3 is 10.5 Å². The summed E-state index contributed by atoms with van der Waals surface area (Å²) in [5, 5.41) is 0. The van der Waals surface area contributed by atoms with E-state index in [2.05, 4.69) is 13.8 Å². The highest BCUT2D eigenvalue weighted by molar-refractivity contribution is 4.78. The topological polar surface area (TPSA) is 35.2 Å². The molecule has 0 heterocycles. The van der Waals surface area contributed by atoms with Gasteiger partial charge in [-0.3, -0.25) is 0 Å². The fourth-order valence-corrected chi connectivity index (χ4v) is 1.51. The van der Waals surface area contributed by atoms with Crippen molar-refractivity contribution in [3.8, 4) is 0 Å². The zero-order valence-corrected chi connectivity index (χ0v) is 8.73. The van der Waals surface area contributed by atoms with Gasteiger partial charge in [-0.15, -0.1) is 0 Å². The van der Waals surface area contributed by atoms with Crippen LogP contribution in [0.4, 0.5) is 0 Å². The van der Waals surface area contributed by atoms with Crippen molar-refractivity contribution in [1.82, 2.24) is 0 Å². The van der Waals surface area contributed by atoms with E-state index < -0.39 is 0 Å². The van der Waals surface area contributed by atoms with Gasteiger partial charge in [0.2, 0.25) is 0 Å². The van der Waals surface area contributed by atoms with Crippen molar-refractivity contribution in [3.63, 3.8) is 0 Å². The normalized spacial score (nSPS) is 16.0. The number of ether oxygens (including phenoxy) is 1. The molecule has 0 bridgehead atoms. The Labute approximate surface area is 76.5 Å². The zero-order valence-electron chi connectivity index (χ0n) is 8.73. The molecule has 0 rings (SSSR count). The van der Waals surface area contributed by atoms with Crippen LogP contribution in [0, 0.1) is 5.41 Å². The van der Waals surface area contributed by atoms with E-state index in [9.17, 15) is 0 Å². The average Bonchev–Trinajstić information content (AvgIpc) is 2.13. The van der Waals surface area contributed by atoms with Crippen LogP contribution >= 0.6 is 0 Å². The van der Waals surface area contributed by atoms with Crippen molar-refractivity contribution in [2.45, 2.75) is 39.5 Å². The molecule has 0 aromatic rings. The largest absolute Gasteiger partial charge is 0.384 e. The Kier molecular flexibility index (Phi) is 6.39. The minimum Gasteiger partial charge on any atom is -0.384 e. The molecule has 1 unspecified atom stereocenters. The second kappa shape index (κ2) is 6.44. The van der Waals surface area contributed by atoms with Crippen molar-refractivity contribution in [2.24, 2.45) is 11.1 Å². The maximum absolute atomic E-state index is 5.77. The van der Waals surface area contributed by atoms with Crippen LogP contribution in [-0.2, 0) is 4.74 Å². The third-order valence-corrected chi connectivity index (χ3v) is 2.69. The molecule has 0 aromatic carbocycles. The Hall–Kier alpha value is -0.0800. The highest BCUT2D eigenvalue weighted by atomic mass is 16.5. The summed E-state index contributed by atoms with van der Waals surface area (Å²) in [5.41, 5.74) is 6.01. The molecular formula is C10H23NO. The van der Waals surface area contributed by atoms with Gasteiger partial charge >= 0.3 is 0 Å². The number of hydrogen-bond donors (Lipinski definition) is 1. The lowest BCUT2D eigenvalue weighted by Crippen LogP contribution is -2.34. The molecule has 0 saturated carbocycles. The first kappa shape index (κ1) is 11.9. The summed E-state index contributed by atoms with van der Waals surface area (Å²) >= 11 is 0. The Morgan fingerprint density at radius 3 is 2.33 bits per heavy atom. The van der Waals surface area contributed by atoms with Gasteiger partial charge in [-0.2, -0.15) is 0 Å². The number of nitrogens with two attached hydrogens (primary N) is 1. The summed E-state index contributed by atoms with van der Waals surface area (Å²) in [7, 11) is 1.76. The molecule has 0 radical (unpaired) electrons. The Morgan fingerprint density at radius 1 is 1.33 bits per heavy atom. The molecule has 2 N–H and O–H groups in total. The van der Waals surface area contributed by atoms with Crippen LogP contribution < -0.4 is 5.73 Å². The lowest BCUT2D eigenvalue weighted by Gasteiger charge is -2.30. The van der Waals surface area contributed by atoms with Crippen LogP contribution in [0.3, 0.4) is 0 Å². The molecule has 2 heteroatoms. The van der Waals surface area contributed by atoms with Crippen LogP contribution in [0.1, 0.15) is 39.5 Å². The van der Waals surface area contributed by atoms with Crippen molar-refractivity contribution in [1.29, 1.82) is 0 Å². The molecule has 0 fully saturated rings. The fraction of sp³-hybridized carbons (Fsp3) is 1.00. The summed E-state index contributed by atoms with van der Waals surface area (Å²) in [6, 6.07) is 0. The van der Waals surface area contributed by atoms with Crippen LogP contribution in [0.2, 0.25) is 0 Å². The predicted octanol–water partition coefficient (Wildman–Crippen LogP) is 2.18. The summed E-state index contributed by atoms with van der Waals surface area (Å²) < 4.78 is 5.21. The first-order chi connectivity index (χ1) is 5.74. The van der Waals surface area contributed by atoms with Gasteiger partial charge in [0.1, 0.15) is 0 Å². The quantitative estimate of drug-likeness (QED) is 0.640. The summed E-state index contributed by atoms with van der Waals surface area (Å²) in [6.07, 6.45) is 4.82. The average molecular weight is 173 g/mol. The van der Waals surface area contributed by atoms with Crippen molar-refractivity contribution in [2.75, 3.05) is 20.3 Å². The first-order valence-electron chi connectivity index (χ1n) is 4.93. The summed E-state index contributed by atoms with van der Waals surface area (Å²) in [4.78, 5) is 0. The van der Waals surface area contributed by atoms with Gasteiger partial charge in [0.25, 0.3) is 0 Å². The van der Waals surface area contributed by atoms with Crippen LogP contribution in [0.5, 0.6) is 0 Å². The summed E-state index contributed by atoms with van der Waals surface area (Å²) in [5.74, 6) is 0. The van der Waals surface area contributed by atoms with Crippen molar-refractivity contribution in [3.05, 3.63) is 0 Å². The van der Waals surface area contributed by atoms with Crippen molar-refractivity contribution >= 4 is 0 Å². The molecule has 0 amide bonds. The maximum Gasteiger partial charge on any atom is 0.0530 e. The van der Waals surface area contributed by atoms with E-state index in [1.54, 1.807) is 7.11 Å². The molecule has 0 aliphatic carbocycles. The zero-order chi connectivity index (χ0) is 9.45. The highest BCUT2D eigenvalue weighted by Gasteiger charge is 2.25. The van der Waals surface area contributed by atoms with E-state index in [0.717, 1.165) is 19.6 Å². The third-order valence-electron chi connectivity index (χ3n) is 2.69. The second-order valence-corrected chi connectivity index (χ2v) is 3.59. The van der Waals surface area contributed by atoms with Gasteiger partial charge in [0, 0.05) is 19.1 Å². The number of unbranched alkanes of at least 4 members (excludes halogenated alkanes) is 1. The second-order valence-electron chi connectivity index (χ2n) is 3.59. The molecule has 74 valence electrons. The Bertz CT molecular complexity index is 100. The molecule has 0 aliphatic heterocycles. The third kappa shape index (κ3) is 3.55. The van der Waals surface area contributed by atoms with Gasteiger partial charge in [-0.25, -0.2) is 0 Å². The molecule has 0 aromatic heterocycles. The molecule has 12 heavy (non-hydrogen) atoms. The van der Waals surface area contributed by atoms with E-state index in [0.29, 0.717) is 0 Å². The lowest BCUT2D eigenvalue weighted by atomic mass is 9.81. The van der Waals surface area contributed by atoms with Crippen LogP contribution in [0.15, 0.2) is 0 Å². The number of rotatable bonds is 7. The SMILES string of the molecule is CCCCC(CC)(CN)COC. The Balaban J connectivity index is 3.95. The van der Waals surface area contributed by atoms with Gasteiger partial charge in [-0.05, 0) is 12.8 Å². The van der Waals surface area contributed by atoms with E-state index in [1.807, 2.05) is 0 Å². The molecule has 0 spiro atoms. The van der Waals surface area contributed by atoms with Gasteiger partial charge in [0.15, 0.2) is 0 Å². The smallest absolute Gasteiger partial charge is 0.0530 e. The van der Waals surface area contributed by atoms with E-state index in [1.165, 1.54) is 19.3 Å².